The van der Waals surface area contributed by atoms with E-state index in [9.17, 15) is 4.79 Å². The van der Waals surface area contributed by atoms with Crippen molar-refractivity contribution >= 4 is 11.9 Å². The molecule has 6 nitrogen and oxygen atoms in total. The molecule has 6 heteroatoms. The Morgan fingerprint density at radius 2 is 1.58 bits per heavy atom. The number of guanidine groups is 1. The normalized spacial score (nSPS) is 18.6. The molecule has 1 saturated heterocycles. The third-order valence-electron chi connectivity index (χ3n) is 5.00. The second-order valence-electron chi connectivity index (χ2n) is 6.59. The molecule has 4 rings (SSSR count). The van der Waals surface area contributed by atoms with Gasteiger partial charge in [0.15, 0.2) is 11.5 Å². The van der Waals surface area contributed by atoms with Gasteiger partial charge in [0.25, 0.3) is 5.91 Å². The molecule has 1 saturated carbocycles. The van der Waals surface area contributed by atoms with Gasteiger partial charge in [-0.15, -0.1) is 0 Å². The zero-order valence-corrected chi connectivity index (χ0v) is 14.8. The molecule has 2 aromatic rings. The highest BCUT2D eigenvalue weighted by Gasteiger charge is 2.55. The molecule has 1 heterocycles. The zero-order valence-electron chi connectivity index (χ0n) is 14.8. The van der Waals surface area contributed by atoms with Crippen LogP contribution in [0.15, 0.2) is 48.5 Å². The van der Waals surface area contributed by atoms with Crippen LogP contribution in [0.3, 0.4) is 0 Å². The third-order valence-corrected chi connectivity index (χ3v) is 5.00. The quantitative estimate of drug-likeness (QED) is 0.868. The summed E-state index contributed by atoms with van der Waals surface area (Å²) in [5.41, 5.74) is 0.314. The van der Waals surface area contributed by atoms with E-state index in [1.165, 1.54) is 0 Å². The first kappa shape index (κ1) is 16.4. The number of rotatable bonds is 5. The van der Waals surface area contributed by atoms with Crippen LogP contribution in [0.25, 0.3) is 0 Å². The summed E-state index contributed by atoms with van der Waals surface area (Å²) in [6, 6.07) is 15.0. The largest absolute Gasteiger partial charge is 0.497 e. The zero-order chi connectivity index (χ0) is 18.3. The van der Waals surface area contributed by atoms with Crippen molar-refractivity contribution in [1.82, 2.24) is 10.2 Å². The number of hydrogen-bond donors (Lipinski definition) is 2. The predicted molar refractivity (Wildman–Crippen MR) is 97.5 cm³/mol. The molecule has 1 aliphatic heterocycles. The molecule has 2 fully saturated rings. The monoisotopic (exact) mass is 351 g/mol. The Bertz CT molecular complexity index is 829. The number of carbonyl (C=O) groups excluding carboxylic acids is 1. The molecule has 0 atom stereocenters. The van der Waals surface area contributed by atoms with E-state index in [1.54, 1.807) is 19.1 Å². The Hall–Kier alpha value is -3.02. The molecule has 2 N–H and O–H groups in total. The fourth-order valence-electron chi connectivity index (χ4n) is 3.53. The van der Waals surface area contributed by atoms with Crippen molar-refractivity contribution in [1.29, 1.82) is 5.41 Å². The molecule has 1 amide bonds. The third kappa shape index (κ3) is 2.41. The number of amides is 1. The van der Waals surface area contributed by atoms with Crippen molar-refractivity contribution < 1.29 is 14.3 Å². The van der Waals surface area contributed by atoms with E-state index in [2.05, 4.69) is 5.32 Å². The van der Waals surface area contributed by atoms with Crippen molar-refractivity contribution in [2.45, 2.75) is 24.4 Å². The minimum Gasteiger partial charge on any atom is -0.497 e. The minimum atomic E-state index is -1.16. The van der Waals surface area contributed by atoms with Crippen molar-refractivity contribution in [3.8, 4) is 11.5 Å². The van der Waals surface area contributed by atoms with E-state index in [0.717, 1.165) is 24.0 Å². The lowest BCUT2D eigenvalue weighted by molar-refractivity contribution is -0.130. The summed E-state index contributed by atoms with van der Waals surface area (Å²) in [5, 5.41) is 11.6. The van der Waals surface area contributed by atoms with Crippen LogP contribution in [0.5, 0.6) is 11.5 Å². The molecule has 0 spiro atoms. The topological polar surface area (TPSA) is 74.7 Å². The highest BCUT2D eigenvalue weighted by molar-refractivity contribution is 6.11. The number of hydrogen-bond acceptors (Lipinski definition) is 4. The average Bonchev–Trinajstić information content (AvgIpc) is 3.47. The number of methoxy groups -OCH3 is 2. The van der Waals surface area contributed by atoms with Crippen LogP contribution in [-0.2, 0) is 10.3 Å². The van der Waals surface area contributed by atoms with Gasteiger partial charge in [-0.05, 0) is 48.2 Å². The summed E-state index contributed by atoms with van der Waals surface area (Å²) < 4.78 is 10.7. The molecule has 2 aliphatic rings. The lowest BCUT2D eigenvalue weighted by atomic mass is 9.82. The number of ether oxygens (including phenoxy) is 2. The molecule has 0 unspecified atom stereocenters. The molecular formula is C20H21N3O3. The molecule has 26 heavy (non-hydrogen) atoms. The molecule has 134 valence electrons. The summed E-state index contributed by atoms with van der Waals surface area (Å²) in [4.78, 5) is 15.1. The van der Waals surface area contributed by atoms with Crippen molar-refractivity contribution in [3.05, 3.63) is 59.7 Å². The van der Waals surface area contributed by atoms with Crippen LogP contribution >= 0.6 is 0 Å². The first-order valence-electron chi connectivity index (χ1n) is 8.59. The SMILES string of the molecule is COc1cccc(C2(c3cccc(OC)c3)NC(=N)N(C3CC3)C2=O)c1. The summed E-state index contributed by atoms with van der Waals surface area (Å²) in [6.07, 6.45) is 1.87. The van der Waals surface area contributed by atoms with Gasteiger partial charge < -0.3 is 14.8 Å². The van der Waals surface area contributed by atoms with Crippen LogP contribution in [-0.4, -0.2) is 37.0 Å². The maximum Gasteiger partial charge on any atom is 0.264 e. The Balaban J connectivity index is 1.92. The Kier molecular flexibility index (Phi) is 3.83. The molecular weight excluding hydrogens is 330 g/mol. The Morgan fingerprint density at radius 3 is 2.04 bits per heavy atom. The number of carbonyl (C=O) groups is 1. The van der Waals surface area contributed by atoms with Crippen LogP contribution in [0, 0.1) is 5.41 Å². The van der Waals surface area contributed by atoms with E-state index in [-0.39, 0.29) is 17.9 Å². The lowest BCUT2D eigenvalue weighted by Crippen LogP contribution is -2.45. The number of nitrogens with zero attached hydrogens (tertiary/aromatic N) is 1. The van der Waals surface area contributed by atoms with Crippen LogP contribution in [0.4, 0.5) is 0 Å². The van der Waals surface area contributed by atoms with Crippen molar-refractivity contribution in [2.75, 3.05) is 14.2 Å². The van der Waals surface area contributed by atoms with Crippen LogP contribution in [0.1, 0.15) is 24.0 Å². The summed E-state index contributed by atoms with van der Waals surface area (Å²) in [7, 11) is 3.19. The first-order chi connectivity index (χ1) is 12.6. The first-order valence-corrected chi connectivity index (χ1v) is 8.59. The fraction of sp³-hybridized carbons (Fsp3) is 0.300. The summed E-state index contributed by atoms with van der Waals surface area (Å²) >= 11 is 0. The van der Waals surface area contributed by atoms with E-state index in [4.69, 9.17) is 14.9 Å². The van der Waals surface area contributed by atoms with E-state index >= 15 is 0 Å². The summed E-state index contributed by atoms with van der Waals surface area (Å²) in [5.74, 6) is 1.33. The van der Waals surface area contributed by atoms with Gasteiger partial charge in [-0.25, -0.2) is 0 Å². The number of nitrogens with one attached hydrogen (secondary N) is 2. The smallest absolute Gasteiger partial charge is 0.264 e. The summed E-state index contributed by atoms with van der Waals surface area (Å²) in [6.45, 7) is 0. The van der Waals surface area contributed by atoms with Gasteiger partial charge in [0.1, 0.15) is 11.5 Å². The maximum atomic E-state index is 13.6. The minimum absolute atomic E-state index is 0.112. The Morgan fingerprint density at radius 1 is 1.04 bits per heavy atom. The average molecular weight is 351 g/mol. The molecule has 1 aliphatic carbocycles. The Labute approximate surface area is 152 Å². The highest BCUT2D eigenvalue weighted by atomic mass is 16.5. The standard InChI is InChI=1S/C20H21N3O3/c1-25-16-7-3-5-13(11-16)20(14-6-4-8-17(12-14)26-2)18(24)23(15-9-10-15)19(21)22-20/h3-8,11-12,15H,9-10H2,1-2H3,(H2,21,22). The van der Waals surface area contributed by atoms with Crippen LogP contribution in [0.2, 0.25) is 0 Å². The van der Waals surface area contributed by atoms with Gasteiger partial charge in [-0.2, -0.15) is 0 Å². The van der Waals surface area contributed by atoms with Gasteiger partial charge in [-0.3, -0.25) is 15.1 Å². The highest BCUT2D eigenvalue weighted by Crippen LogP contribution is 2.41. The molecule has 2 aromatic carbocycles. The van der Waals surface area contributed by atoms with Crippen molar-refractivity contribution in [3.63, 3.8) is 0 Å². The van der Waals surface area contributed by atoms with Gasteiger partial charge in [0, 0.05) is 6.04 Å². The van der Waals surface area contributed by atoms with Crippen LogP contribution < -0.4 is 14.8 Å². The van der Waals surface area contributed by atoms with E-state index < -0.39 is 5.54 Å². The van der Waals surface area contributed by atoms with E-state index in [1.807, 2.05) is 48.5 Å². The molecule has 0 bridgehead atoms. The second kappa shape index (κ2) is 6.05. The fourth-order valence-corrected chi connectivity index (χ4v) is 3.53. The predicted octanol–water partition coefficient (Wildman–Crippen LogP) is 2.48. The number of benzene rings is 2. The van der Waals surface area contributed by atoms with Gasteiger partial charge in [0.2, 0.25) is 0 Å². The lowest BCUT2D eigenvalue weighted by Gasteiger charge is -2.29. The van der Waals surface area contributed by atoms with Gasteiger partial charge >= 0.3 is 0 Å². The second-order valence-corrected chi connectivity index (χ2v) is 6.59. The van der Waals surface area contributed by atoms with Gasteiger partial charge in [-0.1, -0.05) is 24.3 Å². The maximum absolute atomic E-state index is 13.6. The van der Waals surface area contributed by atoms with Crippen molar-refractivity contribution in [2.24, 2.45) is 0 Å². The molecule has 0 aromatic heterocycles. The molecule has 0 radical (unpaired) electrons. The van der Waals surface area contributed by atoms with E-state index in [0.29, 0.717) is 11.5 Å². The van der Waals surface area contributed by atoms with Gasteiger partial charge in [0.05, 0.1) is 14.2 Å².